The Balaban J connectivity index is 1.53. The molecule has 0 aromatic heterocycles. The van der Waals surface area contributed by atoms with Gasteiger partial charge in [-0.15, -0.1) is 0 Å². The van der Waals surface area contributed by atoms with Crippen LogP contribution in [0, 0.1) is 5.92 Å². The Kier molecular flexibility index (Phi) is 6.90. The van der Waals surface area contributed by atoms with Gasteiger partial charge >= 0.3 is 5.97 Å². The van der Waals surface area contributed by atoms with E-state index in [9.17, 15) is 9.59 Å². The lowest BCUT2D eigenvalue weighted by molar-refractivity contribution is -0.134. The van der Waals surface area contributed by atoms with Gasteiger partial charge in [0.05, 0.1) is 5.92 Å². The number of benzene rings is 1. The summed E-state index contributed by atoms with van der Waals surface area (Å²) in [6, 6.07) is 9.06. The van der Waals surface area contributed by atoms with Crippen molar-refractivity contribution in [2.24, 2.45) is 5.92 Å². The number of rotatable bonds is 7. The lowest BCUT2D eigenvalue weighted by Crippen LogP contribution is -2.40. The van der Waals surface area contributed by atoms with E-state index >= 15 is 0 Å². The summed E-state index contributed by atoms with van der Waals surface area (Å²) >= 11 is 0. The molecule has 2 rings (SSSR count). The second kappa shape index (κ2) is 9.20. The van der Waals surface area contributed by atoms with Gasteiger partial charge in [0.1, 0.15) is 5.75 Å². The average Bonchev–Trinajstić information content (AvgIpc) is 2.56. The zero-order valence-corrected chi connectivity index (χ0v) is 12.8. The van der Waals surface area contributed by atoms with E-state index in [1.54, 1.807) is 12.1 Å². The topological polar surface area (TPSA) is 67.4 Å². The highest BCUT2D eigenvalue weighted by molar-refractivity contribution is 5.78. The molecule has 1 atom stereocenters. The third-order valence-corrected chi connectivity index (χ3v) is 3.75. The van der Waals surface area contributed by atoms with Gasteiger partial charge < -0.3 is 15.4 Å². The molecule has 0 spiro atoms. The minimum absolute atomic E-state index is 0.0943. The van der Waals surface area contributed by atoms with Crippen LogP contribution in [0.25, 0.3) is 0 Å². The molecule has 1 aliphatic heterocycles. The highest BCUT2D eigenvalue weighted by atomic mass is 16.5. The maximum Gasteiger partial charge on any atom is 0.311 e. The second-order valence-electron chi connectivity index (χ2n) is 5.58. The van der Waals surface area contributed by atoms with Gasteiger partial charge in [0.2, 0.25) is 5.91 Å². The van der Waals surface area contributed by atoms with E-state index in [1.807, 2.05) is 18.2 Å². The molecular weight excluding hydrogens is 280 g/mol. The van der Waals surface area contributed by atoms with Crippen molar-refractivity contribution in [1.82, 2.24) is 10.6 Å². The summed E-state index contributed by atoms with van der Waals surface area (Å²) in [5, 5.41) is 6.18. The third-order valence-electron chi connectivity index (χ3n) is 3.75. The summed E-state index contributed by atoms with van der Waals surface area (Å²) in [5.41, 5.74) is 0. The third kappa shape index (κ3) is 5.85. The lowest BCUT2D eigenvalue weighted by Gasteiger charge is -2.21. The fourth-order valence-corrected chi connectivity index (χ4v) is 2.50. The predicted octanol–water partition coefficient (Wildman–Crippen LogP) is 1.88. The number of piperidine rings is 1. The summed E-state index contributed by atoms with van der Waals surface area (Å²) < 4.78 is 5.20. The van der Waals surface area contributed by atoms with E-state index in [0.717, 1.165) is 38.8 Å². The number of unbranched alkanes of at least 4 members (excludes halogenated alkanes) is 1. The molecule has 22 heavy (non-hydrogen) atoms. The van der Waals surface area contributed by atoms with Crippen LogP contribution in [0.3, 0.4) is 0 Å². The molecule has 0 radical (unpaired) electrons. The van der Waals surface area contributed by atoms with Crippen LogP contribution >= 0.6 is 0 Å². The van der Waals surface area contributed by atoms with E-state index in [2.05, 4.69) is 10.6 Å². The number of para-hydroxylation sites is 1. The van der Waals surface area contributed by atoms with Crippen molar-refractivity contribution in [2.75, 3.05) is 19.6 Å². The van der Waals surface area contributed by atoms with E-state index in [0.29, 0.717) is 18.7 Å². The number of carbonyl (C=O) groups excluding carboxylic acids is 2. The fraction of sp³-hybridized carbons (Fsp3) is 0.529. The SMILES string of the molecule is O=C(CCCCNC(=O)C1CCCNC1)Oc1ccccc1. The zero-order chi connectivity index (χ0) is 15.6. The predicted molar refractivity (Wildman–Crippen MR) is 84.5 cm³/mol. The Morgan fingerprint density at radius 1 is 1.23 bits per heavy atom. The van der Waals surface area contributed by atoms with Crippen LogP contribution in [0.4, 0.5) is 0 Å². The highest BCUT2D eigenvalue weighted by Gasteiger charge is 2.20. The van der Waals surface area contributed by atoms with Crippen molar-refractivity contribution >= 4 is 11.9 Å². The van der Waals surface area contributed by atoms with Crippen LogP contribution in [0.1, 0.15) is 32.1 Å². The minimum Gasteiger partial charge on any atom is -0.427 e. The van der Waals surface area contributed by atoms with Crippen LogP contribution < -0.4 is 15.4 Å². The minimum atomic E-state index is -0.228. The number of hydrogen-bond acceptors (Lipinski definition) is 4. The molecule has 0 saturated carbocycles. The van der Waals surface area contributed by atoms with Gasteiger partial charge in [0.15, 0.2) is 0 Å². The van der Waals surface area contributed by atoms with Crippen LogP contribution in [0.15, 0.2) is 30.3 Å². The molecule has 120 valence electrons. The molecule has 0 bridgehead atoms. The van der Waals surface area contributed by atoms with Crippen LogP contribution in [-0.4, -0.2) is 31.5 Å². The highest BCUT2D eigenvalue weighted by Crippen LogP contribution is 2.11. The molecule has 2 N–H and O–H groups in total. The van der Waals surface area contributed by atoms with Crippen LogP contribution in [0.2, 0.25) is 0 Å². The summed E-state index contributed by atoms with van der Waals surface area (Å²) in [7, 11) is 0. The van der Waals surface area contributed by atoms with Gasteiger partial charge in [-0.2, -0.15) is 0 Å². The van der Waals surface area contributed by atoms with Crippen LogP contribution in [0.5, 0.6) is 5.75 Å². The number of amides is 1. The second-order valence-corrected chi connectivity index (χ2v) is 5.58. The Morgan fingerprint density at radius 2 is 2.05 bits per heavy atom. The van der Waals surface area contributed by atoms with E-state index < -0.39 is 0 Å². The molecule has 1 fully saturated rings. The molecule has 1 aromatic rings. The van der Waals surface area contributed by atoms with Crippen molar-refractivity contribution in [3.05, 3.63) is 30.3 Å². The maximum atomic E-state index is 11.9. The number of ether oxygens (including phenoxy) is 1. The molecule has 5 heteroatoms. The molecule has 0 aliphatic carbocycles. The first-order chi connectivity index (χ1) is 10.8. The van der Waals surface area contributed by atoms with Gasteiger partial charge in [-0.25, -0.2) is 0 Å². The number of nitrogens with one attached hydrogen (secondary N) is 2. The summed E-state index contributed by atoms with van der Waals surface area (Å²) in [4.78, 5) is 23.5. The molecule has 1 aromatic carbocycles. The van der Waals surface area contributed by atoms with Crippen molar-refractivity contribution < 1.29 is 14.3 Å². The van der Waals surface area contributed by atoms with Gasteiger partial charge in [0, 0.05) is 19.5 Å². The molecule has 1 saturated heterocycles. The van der Waals surface area contributed by atoms with E-state index in [1.165, 1.54) is 0 Å². The van der Waals surface area contributed by atoms with Crippen molar-refractivity contribution in [2.45, 2.75) is 32.1 Å². The normalized spacial score (nSPS) is 17.7. The first-order valence-corrected chi connectivity index (χ1v) is 8.00. The first-order valence-electron chi connectivity index (χ1n) is 8.00. The molecule has 1 amide bonds. The number of hydrogen-bond donors (Lipinski definition) is 2. The Labute approximate surface area is 131 Å². The Morgan fingerprint density at radius 3 is 2.77 bits per heavy atom. The van der Waals surface area contributed by atoms with E-state index in [-0.39, 0.29) is 17.8 Å². The molecular formula is C17H24N2O3. The molecule has 5 nitrogen and oxygen atoms in total. The number of esters is 1. The summed E-state index contributed by atoms with van der Waals surface area (Å²) in [6.45, 7) is 2.40. The van der Waals surface area contributed by atoms with Crippen LogP contribution in [-0.2, 0) is 9.59 Å². The standard InChI is InChI=1S/C17H24N2O3/c20-16(22-15-8-2-1-3-9-15)10-4-5-12-19-17(21)14-7-6-11-18-13-14/h1-3,8-9,14,18H,4-7,10-13H2,(H,19,21). The summed E-state index contributed by atoms with van der Waals surface area (Å²) in [5.74, 6) is 0.565. The first kappa shape index (κ1) is 16.5. The monoisotopic (exact) mass is 304 g/mol. The fourth-order valence-electron chi connectivity index (χ4n) is 2.50. The smallest absolute Gasteiger partial charge is 0.311 e. The van der Waals surface area contributed by atoms with Gasteiger partial charge in [-0.1, -0.05) is 18.2 Å². The van der Waals surface area contributed by atoms with Gasteiger partial charge in [-0.05, 0) is 44.4 Å². The largest absolute Gasteiger partial charge is 0.427 e. The summed E-state index contributed by atoms with van der Waals surface area (Å²) in [6.07, 6.45) is 3.89. The van der Waals surface area contributed by atoms with E-state index in [4.69, 9.17) is 4.74 Å². The zero-order valence-electron chi connectivity index (χ0n) is 12.8. The number of carbonyl (C=O) groups is 2. The maximum absolute atomic E-state index is 11.9. The van der Waals surface area contributed by atoms with Gasteiger partial charge in [0.25, 0.3) is 0 Å². The Hall–Kier alpha value is -1.88. The molecule has 1 unspecified atom stereocenters. The average molecular weight is 304 g/mol. The molecule has 1 heterocycles. The van der Waals surface area contributed by atoms with Crippen molar-refractivity contribution in [3.8, 4) is 5.75 Å². The van der Waals surface area contributed by atoms with Crippen molar-refractivity contribution in [1.29, 1.82) is 0 Å². The lowest BCUT2D eigenvalue weighted by atomic mass is 9.99. The molecule has 1 aliphatic rings. The Bertz CT molecular complexity index is 470. The van der Waals surface area contributed by atoms with Gasteiger partial charge in [-0.3, -0.25) is 9.59 Å². The van der Waals surface area contributed by atoms with Crippen molar-refractivity contribution in [3.63, 3.8) is 0 Å². The quantitative estimate of drug-likeness (QED) is 0.458.